The van der Waals surface area contributed by atoms with Gasteiger partial charge in [-0.2, -0.15) is 0 Å². The number of rotatable bonds is 15. The lowest BCUT2D eigenvalue weighted by atomic mass is 9.43. The number of pyridine rings is 1. The molecule has 9 aliphatic carbocycles. The van der Waals surface area contributed by atoms with E-state index in [1.165, 1.54) is 18.5 Å². The van der Waals surface area contributed by atoms with Gasteiger partial charge in [-0.15, -0.1) is 17.5 Å². The Balaban J connectivity index is 0.000000215. The van der Waals surface area contributed by atoms with E-state index in [1.54, 1.807) is 12.4 Å². The number of ketones is 2. The lowest BCUT2D eigenvalue weighted by Gasteiger charge is -2.63. The van der Waals surface area contributed by atoms with Crippen molar-refractivity contribution in [2.45, 2.75) is 252 Å². The van der Waals surface area contributed by atoms with Crippen molar-refractivity contribution >= 4 is 59.4 Å². The average molecular weight is 1410 g/mol. The SMILES string of the molecule is C1CCOC1.CCN=C=NCCCN(C)C.CN(C)c1ccncc1.C[C@H](CCC(=O)O)C1CC[C@H]2[C@@H]3C(C[C@@H](O)C12C)C1(C)CC[C@@H](O)C[C@H]1C[C@@H]3O.C[C@H](CCC(=O)ON1C(=O)CCC1=O)C1CC[C@H]2[C@@H]3C(C[C@@H](O)C12C)C1(C)CC[C@@H](O)C[C@H]1C[C@@H]3O.Cl.O=C1CCC(=O)C1O. The van der Waals surface area contributed by atoms with Gasteiger partial charge in [0.25, 0.3) is 11.8 Å². The smallest absolute Gasteiger partial charge is 0.333 e. The third kappa shape index (κ3) is 19.9. The van der Waals surface area contributed by atoms with E-state index < -0.39 is 48.2 Å². The number of Topliss-reactive ketones (excluding diaryl/α,β-unsaturated/α-hetero) is 2. The van der Waals surface area contributed by atoms with Crippen molar-refractivity contribution < 1.29 is 79.2 Å². The Labute approximate surface area is 595 Å². The van der Waals surface area contributed by atoms with Crippen LogP contribution in [0.4, 0.5) is 5.69 Å². The number of ether oxygens (including phenoxy) is 1. The molecule has 22 atom stereocenters. The maximum atomic E-state index is 12.4. The van der Waals surface area contributed by atoms with Crippen LogP contribution < -0.4 is 4.90 Å². The van der Waals surface area contributed by atoms with Gasteiger partial charge in [0.05, 0.1) is 49.2 Å². The lowest BCUT2D eigenvalue weighted by Crippen LogP contribution is -2.62. The molecule has 2 saturated heterocycles. The first-order valence-electron chi connectivity index (χ1n) is 37.3. The summed E-state index contributed by atoms with van der Waals surface area (Å²) in [5, 5.41) is 84.5. The molecule has 1 aromatic rings. The molecule has 2 amide bonds. The first kappa shape index (κ1) is 83.6. The number of hydrogen-bond acceptors (Lipinski definition) is 20. The second-order valence-electron chi connectivity index (χ2n) is 32.4. The maximum Gasteiger partial charge on any atom is 0.333 e. The van der Waals surface area contributed by atoms with Crippen molar-refractivity contribution in [1.29, 1.82) is 0 Å². The van der Waals surface area contributed by atoms with Crippen molar-refractivity contribution in [3.63, 3.8) is 0 Å². The summed E-state index contributed by atoms with van der Waals surface area (Å²) in [6, 6.07) is 6.58. The average Bonchev–Trinajstić information content (AvgIpc) is 1.69. The van der Waals surface area contributed by atoms with E-state index in [1.807, 2.05) is 38.1 Å². The molecule has 3 heterocycles. The van der Waals surface area contributed by atoms with Gasteiger partial charge in [-0.1, -0.05) is 41.5 Å². The van der Waals surface area contributed by atoms with Gasteiger partial charge < -0.3 is 60.2 Å². The van der Waals surface area contributed by atoms with Gasteiger partial charge in [0, 0.05) is 90.5 Å². The van der Waals surface area contributed by atoms with Crippen LogP contribution in [0.5, 0.6) is 0 Å². The van der Waals surface area contributed by atoms with Crippen molar-refractivity contribution in [2.24, 2.45) is 103 Å². The van der Waals surface area contributed by atoms with Gasteiger partial charge in [-0.25, -0.2) is 14.8 Å². The summed E-state index contributed by atoms with van der Waals surface area (Å²) in [6.45, 7) is 20.0. The highest BCUT2D eigenvalue weighted by molar-refractivity contribution is 6.11. The van der Waals surface area contributed by atoms with Gasteiger partial charge in [-0.05, 0) is 254 Å². The fourth-order valence-electron chi connectivity index (χ4n) is 20.7. The largest absolute Gasteiger partial charge is 0.481 e. The number of amides is 2. The Morgan fingerprint density at radius 1 is 0.657 bits per heavy atom. The maximum absolute atomic E-state index is 12.4. The quantitative estimate of drug-likeness (QED) is 0.0351. The summed E-state index contributed by atoms with van der Waals surface area (Å²) in [4.78, 5) is 88.6. The topological polar surface area (TPSA) is 330 Å². The van der Waals surface area contributed by atoms with Gasteiger partial charge in [0.1, 0.15) is 0 Å². The number of hydroxylamine groups is 2. The minimum atomic E-state index is -1.30. The Morgan fingerprint density at radius 3 is 1.51 bits per heavy atom. The molecule has 1 aromatic heterocycles. The molecule has 0 bridgehead atoms. The molecule has 562 valence electrons. The van der Waals surface area contributed by atoms with Crippen LogP contribution in [-0.4, -0.2) is 201 Å². The number of aliphatic imine (C=N–C) groups is 2. The molecule has 2 aliphatic heterocycles. The number of hydrogen-bond donors (Lipinski definition) is 8. The van der Waals surface area contributed by atoms with Crippen molar-refractivity contribution in [1.82, 2.24) is 14.9 Å². The number of aliphatic carboxylic acids is 1. The van der Waals surface area contributed by atoms with Crippen molar-refractivity contribution in [3.8, 4) is 0 Å². The number of carbonyl (C=O) groups is 6. The first-order chi connectivity index (χ1) is 46.3. The molecule has 11 fully saturated rings. The zero-order chi connectivity index (χ0) is 72.0. The Morgan fingerprint density at radius 2 is 1.12 bits per heavy atom. The number of anilines is 1. The molecule has 9 saturated carbocycles. The summed E-state index contributed by atoms with van der Waals surface area (Å²) >= 11 is 0. The Hall–Kier alpha value is -4.32. The number of aliphatic hydroxyl groups excluding tert-OH is 7. The number of halogens is 1. The molecule has 12 rings (SSSR count). The van der Waals surface area contributed by atoms with E-state index >= 15 is 0 Å². The molecule has 11 aliphatic rings. The van der Waals surface area contributed by atoms with Crippen LogP contribution in [0.2, 0.25) is 0 Å². The number of aliphatic hydroxyl groups is 7. The normalized spacial score (nSPS) is 37.6. The lowest BCUT2D eigenvalue weighted by molar-refractivity contribution is -0.207. The number of nitrogens with zero attached hydrogens (tertiary/aromatic N) is 6. The minimum Gasteiger partial charge on any atom is -0.481 e. The summed E-state index contributed by atoms with van der Waals surface area (Å²) in [5.74, 6) is 0.109. The number of carboxylic acid groups (broad SMARTS) is 1. The van der Waals surface area contributed by atoms with Gasteiger partial charge in [0.15, 0.2) is 17.7 Å². The molecule has 23 heteroatoms. The van der Waals surface area contributed by atoms with Crippen LogP contribution in [0, 0.1) is 92.7 Å². The molecule has 8 N–H and O–H groups in total. The fourth-order valence-corrected chi connectivity index (χ4v) is 20.7. The van der Waals surface area contributed by atoms with Crippen LogP contribution in [0.1, 0.15) is 209 Å². The summed E-state index contributed by atoms with van der Waals surface area (Å²) in [5.41, 5.74) is 0.758. The zero-order valence-corrected chi connectivity index (χ0v) is 62.2. The van der Waals surface area contributed by atoms with Gasteiger partial charge >= 0.3 is 11.9 Å². The third-order valence-corrected chi connectivity index (χ3v) is 26.3. The highest BCUT2D eigenvalue weighted by atomic mass is 35.5. The number of carbonyl (C=O) groups excluding carboxylic acids is 5. The van der Waals surface area contributed by atoms with E-state index in [2.05, 4.69) is 81.5 Å². The predicted molar refractivity (Wildman–Crippen MR) is 379 cm³/mol. The van der Waals surface area contributed by atoms with Crippen LogP contribution >= 0.6 is 12.4 Å². The summed E-state index contributed by atoms with van der Waals surface area (Å²) in [6.07, 6.45) is 17.9. The minimum absolute atomic E-state index is 0. The van der Waals surface area contributed by atoms with Gasteiger partial charge in [-0.3, -0.25) is 29.0 Å². The third-order valence-electron chi connectivity index (χ3n) is 26.3. The molecular weight excluding hydrogens is 1290 g/mol. The second kappa shape index (κ2) is 37.4. The van der Waals surface area contributed by atoms with E-state index in [0.717, 1.165) is 123 Å². The van der Waals surface area contributed by atoms with Crippen molar-refractivity contribution in [3.05, 3.63) is 24.5 Å². The molecule has 8 unspecified atom stereocenters. The highest BCUT2D eigenvalue weighted by Gasteiger charge is 2.68. The van der Waals surface area contributed by atoms with Crippen molar-refractivity contribution in [2.75, 3.05) is 65.9 Å². The van der Waals surface area contributed by atoms with Crippen LogP contribution in [0.25, 0.3) is 0 Å². The zero-order valence-electron chi connectivity index (χ0n) is 61.4. The molecule has 0 spiro atoms. The molecular formula is C76H125ClN6O16. The second-order valence-corrected chi connectivity index (χ2v) is 32.4. The number of fused-ring (bicyclic) bond motifs is 10. The molecule has 0 aromatic carbocycles. The van der Waals surface area contributed by atoms with Gasteiger partial charge in [0.2, 0.25) is 0 Å². The number of carboxylic acids is 1. The van der Waals surface area contributed by atoms with Crippen LogP contribution in [0.3, 0.4) is 0 Å². The van der Waals surface area contributed by atoms with Crippen LogP contribution in [-0.2, 0) is 38.3 Å². The van der Waals surface area contributed by atoms with Crippen LogP contribution in [0.15, 0.2) is 34.5 Å². The van der Waals surface area contributed by atoms with E-state index in [0.29, 0.717) is 53.9 Å². The fraction of sp³-hybridized carbons (Fsp3) is 0.842. The van der Waals surface area contributed by atoms with E-state index in [4.69, 9.17) is 19.8 Å². The first-order valence-corrected chi connectivity index (χ1v) is 37.3. The standard InChI is InChI=1S/C28H43NO7.C24H40O5.C8H17N3.C7H10N2.C5H6O3.C4H8O.ClH/c1-15(4-9-25(35)36-29-23(33)7-8-24(29)34)18-5-6-19-26-20(14-22(32)28(18,19)3)27(2)11-10-17(30)12-16(27)13-21(26)31;1-13(4-7-21(28)29)16-5-6-17-22-18(12-20(27)24(16,17)3)23(2)9-8-15(25)10-14(23)11-19(22)26;1-4-9-8-10-6-5-7-11(2)3;1-9(2)7-3-5-8-6-4-7;6-3-1-2-4(7)5(3)8;1-2-4-5-3-1;/h15-22,26,30-32H,4-14H2,1-3H3;13-20,22,25-27H,4-12H2,1-3H3,(H,28,29);4-7H2,1-3H3;3-6H,1-2H3;5,8H,1-2H2;1-4H2;1H/t15-,16+,17-,18?,19+,20?,21+,22-,26-,27?,28?;13-,14+,15-,16?,17+,18?,19+,20-,22-,23?,24?;;;;;/m11...../s1. The monoisotopic (exact) mass is 1410 g/mol. The number of aromatic nitrogens is 1. The Kier molecular flexibility index (Phi) is 31.6. The highest BCUT2D eigenvalue weighted by Crippen LogP contribution is 2.70. The predicted octanol–water partition coefficient (Wildman–Crippen LogP) is 9.20. The molecule has 0 radical (unpaired) electrons. The Bertz CT molecular complexity index is 2810. The van der Waals surface area contributed by atoms with E-state index in [9.17, 15) is 59.4 Å². The molecule has 22 nitrogen and oxygen atoms in total. The molecule has 99 heavy (non-hydrogen) atoms. The summed E-state index contributed by atoms with van der Waals surface area (Å²) in [7, 11) is 8.14. The number of imide groups is 1. The van der Waals surface area contributed by atoms with E-state index in [-0.39, 0.29) is 144 Å². The summed E-state index contributed by atoms with van der Waals surface area (Å²) < 4.78 is 4.94.